The van der Waals surface area contributed by atoms with Crippen molar-refractivity contribution in [2.45, 2.75) is 30.6 Å². The molecule has 0 bridgehead atoms. The number of hydrogen-bond acceptors (Lipinski definition) is 7. The summed E-state index contributed by atoms with van der Waals surface area (Å²) in [7, 11) is 1.60. The minimum absolute atomic E-state index is 0.135. The number of thioether (sulfide) groups is 1. The number of hydrogen-bond donors (Lipinski definition) is 2. The lowest BCUT2D eigenvalue weighted by Crippen LogP contribution is -2.29. The van der Waals surface area contributed by atoms with Crippen molar-refractivity contribution in [1.29, 1.82) is 0 Å². The second-order valence-corrected chi connectivity index (χ2v) is 9.46. The molecular weight excluding hydrogens is 436 g/mol. The number of thiophene rings is 1. The van der Waals surface area contributed by atoms with E-state index in [-0.39, 0.29) is 17.6 Å². The van der Waals surface area contributed by atoms with Gasteiger partial charge in [-0.05, 0) is 49.4 Å². The largest absolute Gasteiger partial charge is 0.486 e. The summed E-state index contributed by atoms with van der Waals surface area (Å²) in [5, 5.41) is 6.53. The maximum absolute atomic E-state index is 12.8. The Labute approximate surface area is 189 Å². The van der Waals surface area contributed by atoms with Gasteiger partial charge in [-0.3, -0.25) is 9.59 Å². The first-order valence-corrected chi connectivity index (χ1v) is 12.2. The predicted molar refractivity (Wildman–Crippen MR) is 122 cm³/mol. The molecule has 0 spiro atoms. The molecule has 1 aromatic carbocycles. The van der Waals surface area contributed by atoms with E-state index in [1.54, 1.807) is 7.11 Å². The van der Waals surface area contributed by atoms with Crippen LogP contribution in [0.15, 0.2) is 23.1 Å². The Balaban J connectivity index is 1.42. The number of anilines is 1. The third-order valence-electron chi connectivity index (χ3n) is 5.13. The topological polar surface area (TPSA) is 85.9 Å². The molecule has 0 unspecified atom stereocenters. The Kier molecular flexibility index (Phi) is 7.37. The van der Waals surface area contributed by atoms with Crippen molar-refractivity contribution >= 4 is 39.9 Å². The van der Waals surface area contributed by atoms with Crippen LogP contribution in [-0.4, -0.2) is 51.0 Å². The molecule has 2 amide bonds. The number of amides is 2. The number of benzene rings is 1. The van der Waals surface area contributed by atoms with Crippen LogP contribution in [-0.2, 0) is 22.4 Å². The van der Waals surface area contributed by atoms with E-state index in [1.807, 2.05) is 18.2 Å². The molecule has 1 aromatic heterocycles. The molecule has 4 rings (SSSR count). The van der Waals surface area contributed by atoms with Gasteiger partial charge in [0.25, 0.3) is 5.91 Å². The summed E-state index contributed by atoms with van der Waals surface area (Å²) in [6, 6.07) is 5.68. The number of carbonyl (C=O) groups is 2. The van der Waals surface area contributed by atoms with E-state index in [0.717, 1.165) is 41.9 Å². The summed E-state index contributed by atoms with van der Waals surface area (Å²) in [4.78, 5) is 27.7. The van der Waals surface area contributed by atoms with Crippen LogP contribution in [0.1, 0.15) is 33.6 Å². The minimum Gasteiger partial charge on any atom is -0.486 e. The van der Waals surface area contributed by atoms with E-state index >= 15 is 0 Å². The van der Waals surface area contributed by atoms with Gasteiger partial charge in [0.05, 0.1) is 17.9 Å². The Morgan fingerprint density at radius 2 is 1.97 bits per heavy atom. The summed E-state index contributed by atoms with van der Waals surface area (Å²) in [6.07, 6.45) is 4.02. The highest BCUT2D eigenvalue weighted by atomic mass is 32.2. The fraction of sp³-hybridized carbons (Fsp3) is 0.455. The molecule has 2 aliphatic rings. The average molecular weight is 463 g/mol. The van der Waals surface area contributed by atoms with Crippen molar-refractivity contribution in [3.63, 3.8) is 0 Å². The maximum atomic E-state index is 12.8. The smallest absolute Gasteiger partial charge is 0.254 e. The summed E-state index contributed by atoms with van der Waals surface area (Å²) >= 11 is 2.95. The first-order valence-electron chi connectivity index (χ1n) is 10.4. The molecule has 31 heavy (non-hydrogen) atoms. The molecule has 9 heteroatoms. The third kappa shape index (κ3) is 5.34. The highest BCUT2D eigenvalue weighted by Crippen LogP contribution is 2.38. The highest BCUT2D eigenvalue weighted by molar-refractivity contribution is 8.00. The molecule has 7 nitrogen and oxygen atoms in total. The van der Waals surface area contributed by atoms with Crippen LogP contribution in [0.5, 0.6) is 11.5 Å². The first kappa shape index (κ1) is 22.0. The monoisotopic (exact) mass is 462 g/mol. The Morgan fingerprint density at radius 3 is 2.81 bits per heavy atom. The van der Waals surface area contributed by atoms with Gasteiger partial charge in [-0.1, -0.05) is 0 Å². The van der Waals surface area contributed by atoms with Crippen molar-refractivity contribution in [3.8, 4) is 11.5 Å². The molecule has 2 N–H and O–H groups in total. The summed E-state index contributed by atoms with van der Waals surface area (Å²) in [6.45, 7) is 1.97. The third-order valence-corrected chi connectivity index (χ3v) is 7.33. The van der Waals surface area contributed by atoms with E-state index in [4.69, 9.17) is 14.2 Å². The lowest BCUT2D eigenvalue weighted by atomic mass is 9.95. The van der Waals surface area contributed by atoms with Gasteiger partial charge in [-0.2, -0.15) is 0 Å². The summed E-state index contributed by atoms with van der Waals surface area (Å²) < 4.78 is 16.2. The van der Waals surface area contributed by atoms with Gasteiger partial charge in [0.1, 0.15) is 18.2 Å². The Morgan fingerprint density at radius 1 is 1.16 bits per heavy atom. The molecule has 0 atom stereocenters. The van der Waals surface area contributed by atoms with Crippen molar-refractivity contribution in [2.75, 3.05) is 44.5 Å². The molecule has 0 saturated carbocycles. The normalized spacial score (nSPS) is 14.6. The lowest BCUT2D eigenvalue weighted by molar-refractivity contribution is -0.113. The maximum Gasteiger partial charge on any atom is 0.254 e. The van der Waals surface area contributed by atoms with Gasteiger partial charge in [-0.15, -0.1) is 23.1 Å². The average Bonchev–Trinajstić information content (AvgIpc) is 3.15. The zero-order chi connectivity index (χ0) is 21.6. The van der Waals surface area contributed by atoms with Crippen molar-refractivity contribution in [2.24, 2.45) is 0 Å². The van der Waals surface area contributed by atoms with E-state index in [1.165, 1.54) is 28.0 Å². The number of ether oxygens (including phenoxy) is 3. The van der Waals surface area contributed by atoms with E-state index < -0.39 is 0 Å². The van der Waals surface area contributed by atoms with E-state index in [0.29, 0.717) is 42.7 Å². The van der Waals surface area contributed by atoms with Crippen LogP contribution in [0, 0.1) is 0 Å². The second kappa shape index (κ2) is 10.4. The number of fused-ring (bicyclic) bond motifs is 2. The van der Waals surface area contributed by atoms with Crippen molar-refractivity contribution in [1.82, 2.24) is 5.32 Å². The molecule has 1 aliphatic heterocycles. The minimum atomic E-state index is -0.147. The number of rotatable bonds is 8. The van der Waals surface area contributed by atoms with Crippen LogP contribution in [0.3, 0.4) is 0 Å². The molecule has 0 fully saturated rings. The van der Waals surface area contributed by atoms with Gasteiger partial charge in [0.2, 0.25) is 5.91 Å². The van der Waals surface area contributed by atoms with Gasteiger partial charge in [0, 0.05) is 23.4 Å². The Bertz CT molecular complexity index is 960. The Hall–Kier alpha value is -2.23. The van der Waals surface area contributed by atoms with Crippen molar-refractivity contribution in [3.05, 3.63) is 34.2 Å². The number of aryl methyl sites for hydroxylation is 1. The van der Waals surface area contributed by atoms with Crippen LogP contribution in [0.4, 0.5) is 5.00 Å². The number of nitrogens with one attached hydrogen (secondary N) is 2. The molecule has 2 heterocycles. The SMILES string of the molecule is COCCNC(=O)c1c(NC(=O)CSc2ccc3c(c2)OCCO3)sc2c1CCCC2. The molecule has 0 radical (unpaired) electrons. The molecule has 166 valence electrons. The molecule has 2 aromatic rings. The van der Waals surface area contributed by atoms with Gasteiger partial charge in [-0.25, -0.2) is 0 Å². The standard InChI is InChI=1S/C22H26N2O5S2/c1-27-9-8-23-21(26)20-15-4-2-3-5-18(15)31-22(20)24-19(25)13-30-14-6-7-16-17(12-14)29-11-10-28-16/h6-7,12H,2-5,8-11,13H2,1H3,(H,23,26)(H,24,25). The number of carbonyl (C=O) groups excluding carboxylic acids is 2. The summed E-state index contributed by atoms with van der Waals surface area (Å²) in [5.41, 5.74) is 1.70. The highest BCUT2D eigenvalue weighted by Gasteiger charge is 2.26. The van der Waals surface area contributed by atoms with Gasteiger partial charge >= 0.3 is 0 Å². The first-order chi connectivity index (χ1) is 15.2. The van der Waals surface area contributed by atoms with Gasteiger partial charge < -0.3 is 24.8 Å². The van der Waals surface area contributed by atoms with Gasteiger partial charge in [0.15, 0.2) is 11.5 Å². The quantitative estimate of drug-likeness (QED) is 0.461. The van der Waals surface area contributed by atoms with Crippen LogP contribution in [0.2, 0.25) is 0 Å². The van der Waals surface area contributed by atoms with Crippen LogP contribution < -0.4 is 20.1 Å². The van der Waals surface area contributed by atoms with E-state index in [2.05, 4.69) is 10.6 Å². The number of methoxy groups -OCH3 is 1. The predicted octanol–water partition coefficient (Wildman–Crippen LogP) is 3.51. The van der Waals surface area contributed by atoms with Crippen LogP contribution in [0.25, 0.3) is 0 Å². The molecule has 0 saturated heterocycles. The summed E-state index contributed by atoms with van der Waals surface area (Å²) in [5.74, 6) is 1.40. The fourth-order valence-corrected chi connectivity index (χ4v) is 5.70. The molecular formula is C22H26N2O5S2. The molecule has 1 aliphatic carbocycles. The van der Waals surface area contributed by atoms with E-state index in [9.17, 15) is 9.59 Å². The zero-order valence-electron chi connectivity index (χ0n) is 17.5. The second-order valence-electron chi connectivity index (χ2n) is 7.31. The van der Waals surface area contributed by atoms with Crippen LogP contribution >= 0.6 is 23.1 Å². The van der Waals surface area contributed by atoms with Crippen molar-refractivity contribution < 1.29 is 23.8 Å². The zero-order valence-corrected chi connectivity index (χ0v) is 19.1. The lowest BCUT2D eigenvalue weighted by Gasteiger charge is -2.18. The fourth-order valence-electron chi connectivity index (χ4n) is 3.67.